The first-order chi connectivity index (χ1) is 19.8. The van der Waals surface area contributed by atoms with Gasteiger partial charge in [-0.2, -0.15) is 0 Å². The van der Waals surface area contributed by atoms with Gasteiger partial charge in [0.2, 0.25) is 0 Å². The Morgan fingerprint density at radius 3 is 2.78 bits per heavy atom. The van der Waals surface area contributed by atoms with Gasteiger partial charge in [-0.05, 0) is 81.7 Å². The SMILES string of the molecule is COc1cccc2nc(C(=O)N(CC[C@@H]3CCCN3C)C3COc4c3ccc(Cl)c4Cl)c(-c3ccc(F)c(C)c3)n12. The summed E-state index contributed by atoms with van der Waals surface area (Å²) in [6.07, 6.45) is 3.03. The number of nitrogens with zero attached hydrogens (tertiary/aromatic N) is 4. The molecular formula is C31H31Cl2FN4O3. The number of aryl methyl sites for hydroxylation is 1. The fourth-order valence-electron chi connectivity index (χ4n) is 6.06. The van der Waals surface area contributed by atoms with Gasteiger partial charge in [0.1, 0.15) is 28.8 Å². The van der Waals surface area contributed by atoms with Crippen LogP contribution in [0.3, 0.4) is 0 Å². The van der Waals surface area contributed by atoms with Crippen molar-refractivity contribution >= 4 is 34.8 Å². The Morgan fingerprint density at radius 1 is 1.22 bits per heavy atom. The van der Waals surface area contributed by atoms with Crippen LogP contribution in [-0.4, -0.2) is 65.0 Å². The molecule has 2 aromatic carbocycles. The second kappa shape index (κ2) is 11.2. The minimum atomic E-state index is -0.381. The predicted molar refractivity (Wildman–Crippen MR) is 158 cm³/mol. The molecule has 1 fully saturated rings. The number of amides is 1. The normalized spacial score (nSPS) is 18.5. The summed E-state index contributed by atoms with van der Waals surface area (Å²) in [5.74, 6) is 0.452. The summed E-state index contributed by atoms with van der Waals surface area (Å²) in [5, 5.41) is 0.743. The minimum absolute atomic E-state index is 0.249. The molecule has 4 aromatic rings. The second-order valence-electron chi connectivity index (χ2n) is 10.7. The first kappa shape index (κ1) is 27.8. The summed E-state index contributed by atoms with van der Waals surface area (Å²) in [6, 6.07) is 13.9. The minimum Gasteiger partial charge on any atom is -0.489 e. The molecule has 2 aliphatic heterocycles. The maximum absolute atomic E-state index is 14.7. The van der Waals surface area contributed by atoms with Crippen LogP contribution in [0.1, 0.15) is 46.9 Å². The van der Waals surface area contributed by atoms with E-state index < -0.39 is 0 Å². The molecule has 2 aromatic heterocycles. The van der Waals surface area contributed by atoms with Gasteiger partial charge in [0.15, 0.2) is 11.6 Å². The first-order valence-corrected chi connectivity index (χ1v) is 14.5. The Kier molecular flexibility index (Phi) is 7.57. The fraction of sp³-hybridized carbons (Fsp3) is 0.355. The Balaban J connectivity index is 1.49. The molecular weight excluding hydrogens is 566 g/mol. The summed E-state index contributed by atoms with van der Waals surface area (Å²) in [4.78, 5) is 23.7. The highest BCUT2D eigenvalue weighted by Gasteiger charge is 2.38. The molecule has 4 heterocycles. The largest absolute Gasteiger partial charge is 0.489 e. The third kappa shape index (κ3) is 4.92. The van der Waals surface area contributed by atoms with Crippen molar-refractivity contribution in [1.29, 1.82) is 0 Å². The van der Waals surface area contributed by atoms with E-state index in [1.807, 2.05) is 29.2 Å². The van der Waals surface area contributed by atoms with Crippen LogP contribution < -0.4 is 9.47 Å². The van der Waals surface area contributed by atoms with Crippen LogP contribution in [0.2, 0.25) is 10.0 Å². The van der Waals surface area contributed by atoms with Crippen molar-refractivity contribution in [1.82, 2.24) is 19.2 Å². The van der Waals surface area contributed by atoms with Gasteiger partial charge < -0.3 is 19.3 Å². The Bertz CT molecular complexity index is 1640. The lowest BCUT2D eigenvalue weighted by Gasteiger charge is -2.30. The number of ether oxygens (including phenoxy) is 2. The van der Waals surface area contributed by atoms with E-state index in [9.17, 15) is 9.18 Å². The molecule has 2 aliphatic rings. The van der Waals surface area contributed by atoms with Crippen LogP contribution >= 0.6 is 23.2 Å². The van der Waals surface area contributed by atoms with Crippen molar-refractivity contribution in [3.05, 3.63) is 81.2 Å². The molecule has 0 spiro atoms. The van der Waals surface area contributed by atoms with Crippen LogP contribution in [0.25, 0.3) is 16.9 Å². The highest BCUT2D eigenvalue weighted by Crippen LogP contribution is 2.45. The lowest BCUT2D eigenvalue weighted by molar-refractivity contribution is 0.0626. The number of likely N-dealkylation sites (tertiary alicyclic amines) is 1. The summed E-state index contributed by atoms with van der Waals surface area (Å²) >= 11 is 12.8. The number of fused-ring (bicyclic) bond motifs is 2. The number of carbonyl (C=O) groups is 1. The molecule has 1 saturated heterocycles. The average molecular weight is 598 g/mol. The topological polar surface area (TPSA) is 59.3 Å². The number of benzene rings is 2. The average Bonchev–Trinajstić information content (AvgIpc) is 3.69. The third-order valence-corrected chi connectivity index (χ3v) is 9.07. The maximum atomic E-state index is 14.7. The van der Waals surface area contributed by atoms with Gasteiger partial charge in [-0.15, -0.1) is 0 Å². The van der Waals surface area contributed by atoms with Gasteiger partial charge in [0, 0.05) is 23.7 Å². The highest BCUT2D eigenvalue weighted by molar-refractivity contribution is 6.43. The number of imidazole rings is 1. The second-order valence-corrected chi connectivity index (χ2v) is 11.5. The van der Waals surface area contributed by atoms with E-state index in [-0.39, 0.29) is 30.1 Å². The van der Waals surface area contributed by atoms with E-state index in [1.54, 1.807) is 36.6 Å². The number of hydrogen-bond donors (Lipinski definition) is 0. The molecule has 0 radical (unpaired) electrons. The summed E-state index contributed by atoms with van der Waals surface area (Å²) < 4.78 is 27.8. The van der Waals surface area contributed by atoms with E-state index >= 15 is 0 Å². The molecule has 1 unspecified atom stereocenters. The van der Waals surface area contributed by atoms with Crippen LogP contribution in [0.15, 0.2) is 48.5 Å². The standard InChI is InChI=1S/C31H31Cl2FN4O3/c1-18-16-19(9-12-23(18)34)29-28(35-25-7-4-8-26(40-3)38(25)29)31(39)37(15-13-20-6-5-14-36(20)2)24-17-41-30-21(24)10-11-22(32)27(30)33/h4,7-12,16,20,24H,5-6,13-15,17H2,1-3H3/t20-,24?/m0/s1. The predicted octanol–water partition coefficient (Wildman–Crippen LogP) is 6.82. The molecule has 0 aliphatic carbocycles. The smallest absolute Gasteiger partial charge is 0.275 e. The van der Waals surface area contributed by atoms with Gasteiger partial charge in [0.05, 0.1) is 23.9 Å². The van der Waals surface area contributed by atoms with E-state index in [2.05, 4.69) is 11.9 Å². The Hall–Kier alpha value is -3.33. The van der Waals surface area contributed by atoms with Gasteiger partial charge in [0.25, 0.3) is 5.91 Å². The zero-order chi connectivity index (χ0) is 28.8. The van der Waals surface area contributed by atoms with Crippen molar-refractivity contribution < 1.29 is 18.7 Å². The summed E-state index contributed by atoms with van der Waals surface area (Å²) in [6.45, 7) is 3.49. The molecule has 41 heavy (non-hydrogen) atoms. The number of rotatable bonds is 7. The van der Waals surface area contributed by atoms with E-state index in [4.69, 9.17) is 37.7 Å². The molecule has 2 atom stereocenters. The van der Waals surface area contributed by atoms with Gasteiger partial charge >= 0.3 is 0 Å². The number of carbonyl (C=O) groups excluding carboxylic acids is 1. The molecule has 10 heteroatoms. The molecule has 1 amide bonds. The van der Waals surface area contributed by atoms with Gasteiger partial charge in [-0.3, -0.25) is 9.20 Å². The molecule has 0 saturated carbocycles. The number of aromatic nitrogens is 2. The van der Waals surface area contributed by atoms with Crippen LogP contribution in [0, 0.1) is 12.7 Å². The Morgan fingerprint density at radius 2 is 2.05 bits per heavy atom. The lowest BCUT2D eigenvalue weighted by atomic mass is 10.0. The quantitative estimate of drug-likeness (QED) is 0.234. The monoisotopic (exact) mass is 596 g/mol. The van der Waals surface area contributed by atoms with Crippen molar-refractivity contribution in [2.45, 2.75) is 38.3 Å². The third-order valence-electron chi connectivity index (χ3n) is 8.29. The van der Waals surface area contributed by atoms with Crippen LogP contribution in [0.5, 0.6) is 11.6 Å². The van der Waals surface area contributed by atoms with E-state index in [0.717, 1.165) is 31.4 Å². The number of methoxy groups -OCH3 is 1. The number of halogens is 3. The van der Waals surface area contributed by atoms with Crippen molar-refractivity contribution in [3.8, 4) is 22.9 Å². The molecule has 214 valence electrons. The zero-order valence-corrected chi connectivity index (χ0v) is 24.7. The summed E-state index contributed by atoms with van der Waals surface area (Å²) in [7, 11) is 3.70. The Labute approximate surface area is 248 Å². The van der Waals surface area contributed by atoms with Crippen LogP contribution in [-0.2, 0) is 0 Å². The number of hydrogen-bond acceptors (Lipinski definition) is 5. The highest BCUT2D eigenvalue weighted by atomic mass is 35.5. The van der Waals surface area contributed by atoms with Crippen molar-refractivity contribution in [3.63, 3.8) is 0 Å². The molecule has 0 bridgehead atoms. The van der Waals surface area contributed by atoms with Gasteiger partial charge in [-0.1, -0.05) is 35.3 Å². The molecule has 7 nitrogen and oxygen atoms in total. The van der Waals surface area contributed by atoms with Gasteiger partial charge in [-0.25, -0.2) is 9.37 Å². The van der Waals surface area contributed by atoms with Crippen molar-refractivity contribution in [2.75, 3.05) is 33.9 Å². The molecule has 0 N–H and O–H groups in total. The maximum Gasteiger partial charge on any atom is 0.275 e. The first-order valence-electron chi connectivity index (χ1n) is 13.7. The van der Waals surface area contributed by atoms with Crippen LogP contribution in [0.4, 0.5) is 4.39 Å². The summed E-state index contributed by atoms with van der Waals surface area (Å²) in [5.41, 5.74) is 3.30. The molecule has 6 rings (SSSR count). The number of pyridine rings is 1. The lowest BCUT2D eigenvalue weighted by Crippen LogP contribution is -2.39. The fourth-order valence-corrected chi connectivity index (χ4v) is 6.44. The van der Waals surface area contributed by atoms with E-state index in [0.29, 0.717) is 56.7 Å². The van der Waals surface area contributed by atoms with E-state index in [1.165, 1.54) is 6.07 Å². The zero-order valence-electron chi connectivity index (χ0n) is 23.2. The van der Waals surface area contributed by atoms with Crippen molar-refractivity contribution in [2.24, 2.45) is 0 Å².